The van der Waals surface area contributed by atoms with Gasteiger partial charge in [0.15, 0.2) is 5.16 Å². The van der Waals surface area contributed by atoms with Crippen LogP contribution in [0.2, 0.25) is 0 Å². The predicted molar refractivity (Wildman–Crippen MR) is 93.1 cm³/mol. The molecule has 0 radical (unpaired) electrons. The average Bonchev–Trinajstić information content (AvgIpc) is 3.03. The lowest BCUT2D eigenvalue weighted by Gasteiger charge is -2.14. The van der Waals surface area contributed by atoms with E-state index in [4.69, 9.17) is 0 Å². The van der Waals surface area contributed by atoms with Crippen LogP contribution >= 0.6 is 11.8 Å². The monoisotopic (exact) mass is 333 g/mol. The van der Waals surface area contributed by atoms with Crippen LogP contribution in [0.1, 0.15) is 30.6 Å². The Balaban J connectivity index is 2.03. The molecule has 1 amide bonds. The highest BCUT2D eigenvalue weighted by molar-refractivity contribution is 7.98. The molecule has 0 fully saturated rings. The van der Waals surface area contributed by atoms with Crippen molar-refractivity contribution < 1.29 is 9.90 Å². The summed E-state index contributed by atoms with van der Waals surface area (Å²) >= 11 is 1.55. The molecule has 2 rings (SSSR count). The fourth-order valence-electron chi connectivity index (χ4n) is 2.20. The number of aliphatic hydroxyl groups is 1. The van der Waals surface area contributed by atoms with Crippen molar-refractivity contribution in [3.63, 3.8) is 0 Å². The summed E-state index contributed by atoms with van der Waals surface area (Å²) in [5.41, 5.74) is 1.50. The second kappa shape index (κ2) is 8.17. The third kappa shape index (κ3) is 4.59. The van der Waals surface area contributed by atoms with Gasteiger partial charge in [0.1, 0.15) is 0 Å². The molecule has 124 valence electrons. The molecule has 1 heterocycles. The van der Waals surface area contributed by atoms with Gasteiger partial charge < -0.3 is 10.4 Å². The van der Waals surface area contributed by atoms with Crippen LogP contribution in [0.4, 0.5) is 0 Å². The van der Waals surface area contributed by atoms with Gasteiger partial charge in [0.25, 0.3) is 5.91 Å². The molecule has 0 saturated heterocycles. The van der Waals surface area contributed by atoms with Crippen molar-refractivity contribution in [1.29, 1.82) is 0 Å². The number of aliphatic hydroxyl groups excluding tert-OH is 1. The highest BCUT2D eigenvalue weighted by Crippen LogP contribution is 2.19. The highest BCUT2D eigenvalue weighted by Gasteiger charge is 2.11. The van der Waals surface area contributed by atoms with Crippen LogP contribution in [0.3, 0.4) is 0 Å². The number of nitrogens with one attached hydrogen (secondary N) is 1. The Bertz CT molecular complexity index is 655. The van der Waals surface area contributed by atoms with Gasteiger partial charge in [0.05, 0.1) is 6.10 Å². The molecule has 5 nitrogen and oxygen atoms in total. The van der Waals surface area contributed by atoms with Crippen LogP contribution in [0.5, 0.6) is 0 Å². The summed E-state index contributed by atoms with van der Waals surface area (Å²) < 4.78 is 1.95. The molecular weight excluding hydrogens is 310 g/mol. The van der Waals surface area contributed by atoms with Gasteiger partial charge in [-0.15, -0.1) is 0 Å². The van der Waals surface area contributed by atoms with Crippen LogP contribution in [-0.4, -0.2) is 39.5 Å². The minimum atomic E-state index is -0.392. The number of carbonyl (C=O) groups excluding carboxylic acids is 1. The van der Waals surface area contributed by atoms with Crippen LogP contribution < -0.4 is 5.32 Å². The summed E-state index contributed by atoms with van der Waals surface area (Å²) in [7, 11) is 0. The molecule has 0 saturated carbocycles. The van der Waals surface area contributed by atoms with E-state index in [2.05, 4.69) is 10.3 Å². The SMILES string of the molecule is CSc1nccn1-c1cccc(C(=O)NCCC(O)C(C)C)c1. The number of amides is 1. The summed E-state index contributed by atoms with van der Waals surface area (Å²) in [5, 5.41) is 13.5. The van der Waals surface area contributed by atoms with E-state index in [1.165, 1.54) is 0 Å². The minimum Gasteiger partial charge on any atom is -0.393 e. The maximum atomic E-state index is 12.2. The molecule has 0 bridgehead atoms. The summed E-state index contributed by atoms with van der Waals surface area (Å²) in [6, 6.07) is 7.43. The van der Waals surface area contributed by atoms with Gasteiger partial charge >= 0.3 is 0 Å². The molecule has 23 heavy (non-hydrogen) atoms. The summed E-state index contributed by atoms with van der Waals surface area (Å²) in [6.07, 6.45) is 5.75. The molecule has 0 aliphatic rings. The first-order valence-electron chi connectivity index (χ1n) is 7.67. The maximum Gasteiger partial charge on any atom is 0.251 e. The van der Waals surface area contributed by atoms with E-state index in [1.54, 1.807) is 24.0 Å². The Morgan fingerprint density at radius 1 is 1.43 bits per heavy atom. The Hall–Kier alpha value is -1.79. The van der Waals surface area contributed by atoms with Gasteiger partial charge in [-0.3, -0.25) is 9.36 Å². The van der Waals surface area contributed by atoms with Gasteiger partial charge in [0, 0.05) is 30.2 Å². The van der Waals surface area contributed by atoms with Crippen molar-refractivity contribution in [2.24, 2.45) is 5.92 Å². The molecule has 0 aliphatic heterocycles. The van der Waals surface area contributed by atoms with Gasteiger partial charge in [-0.05, 0) is 36.8 Å². The first-order chi connectivity index (χ1) is 11.0. The largest absolute Gasteiger partial charge is 0.393 e. The number of nitrogens with zero attached hydrogens (tertiary/aromatic N) is 2. The number of hydrogen-bond acceptors (Lipinski definition) is 4. The quantitative estimate of drug-likeness (QED) is 0.765. The molecule has 2 N–H and O–H groups in total. The van der Waals surface area contributed by atoms with E-state index in [-0.39, 0.29) is 11.8 Å². The lowest BCUT2D eigenvalue weighted by molar-refractivity contribution is 0.0920. The molecule has 0 spiro atoms. The average molecular weight is 333 g/mol. The van der Waals surface area contributed by atoms with Crippen LogP contribution in [0.15, 0.2) is 41.8 Å². The third-order valence-electron chi connectivity index (χ3n) is 3.67. The topological polar surface area (TPSA) is 67.2 Å². The highest BCUT2D eigenvalue weighted by atomic mass is 32.2. The Morgan fingerprint density at radius 3 is 2.91 bits per heavy atom. The van der Waals surface area contributed by atoms with E-state index in [9.17, 15) is 9.90 Å². The first-order valence-corrected chi connectivity index (χ1v) is 8.89. The molecule has 2 aromatic rings. The molecule has 1 unspecified atom stereocenters. The van der Waals surface area contributed by atoms with Crippen molar-refractivity contribution in [3.05, 3.63) is 42.2 Å². The van der Waals surface area contributed by atoms with E-state index in [0.29, 0.717) is 18.5 Å². The van der Waals surface area contributed by atoms with Crippen molar-refractivity contribution in [1.82, 2.24) is 14.9 Å². The zero-order chi connectivity index (χ0) is 16.8. The fourth-order valence-corrected chi connectivity index (χ4v) is 2.73. The van der Waals surface area contributed by atoms with Gasteiger partial charge in [-0.1, -0.05) is 31.7 Å². The fraction of sp³-hybridized carbons (Fsp3) is 0.412. The zero-order valence-electron chi connectivity index (χ0n) is 13.7. The first kappa shape index (κ1) is 17.6. The Labute approximate surface area is 141 Å². The molecule has 1 aromatic carbocycles. The van der Waals surface area contributed by atoms with Crippen LogP contribution in [0, 0.1) is 5.92 Å². The van der Waals surface area contributed by atoms with Crippen molar-refractivity contribution >= 4 is 17.7 Å². The van der Waals surface area contributed by atoms with Gasteiger partial charge in [-0.25, -0.2) is 4.98 Å². The summed E-state index contributed by atoms with van der Waals surface area (Å²) in [5.74, 6) is 0.0649. The van der Waals surface area contributed by atoms with E-state index >= 15 is 0 Å². The minimum absolute atomic E-state index is 0.131. The molecule has 6 heteroatoms. The summed E-state index contributed by atoms with van der Waals surface area (Å²) in [6.45, 7) is 4.39. The standard InChI is InChI=1S/C17H23N3O2S/c1-12(2)15(21)7-8-18-16(22)13-5-4-6-14(11-13)20-10-9-19-17(20)23-3/h4-6,9-12,15,21H,7-8H2,1-3H3,(H,18,22). The van der Waals surface area contributed by atoms with Crippen molar-refractivity contribution in [2.75, 3.05) is 12.8 Å². The third-order valence-corrected chi connectivity index (χ3v) is 4.34. The van der Waals surface area contributed by atoms with Crippen molar-refractivity contribution in [3.8, 4) is 5.69 Å². The number of carbonyl (C=O) groups is 1. The number of rotatable bonds is 7. The smallest absolute Gasteiger partial charge is 0.251 e. The van der Waals surface area contributed by atoms with E-state index < -0.39 is 6.10 Å². The number of thioether (sulfide) groups is 1. The maximum absolute atomic E-state index is 12.2. The van der Waals surface area contributed by atoms with E-state index in [0.717, 1.165) is 10.8 Å². The molecular formula is C17H23N3O2S. The van der Waals surface area contributed by atoms with E-state index in [1.807, 2.05) is 49.1 Å². The normalized spacial score (nSPS) is 12.4. The summed E-state index contributed by atoms with van der Waals surface area (Å²) in [4.78, 5) is 16.5. The predicted octanol–water partition coefficient (Wildman–Crippen LogP) is 2.73. The molecule has 1 aromatic heterocycles. The lowest BCUT2D eigenvalue weighted by Crippen LogP contribution is -2.28. The zero-order valence-corrected chi connectivity index (χ0v) is 14.5. The molecule has 0 aliphatic carbocycles. The number of aromatic nitrogens is 2. The number of imidazole rings is 1. The van der Waals surface area contributed by atoms with Gasteiger partial charge in [0.2, 0.25) is 0 Å². The van der Waals surface area contributed by atoms with Crippen LogP contribution in [0.25, 0.3) is 5.69 Å². The Morgan fingerprint density at radius 2 is 2.22 bits per heavy atom. The molecule has 1 atom stereocenters. The van der Waals surface area contributed by atoms with Gasteiger partial charge in [-0.2, -0.15) is 0 Å². The second-order valence-electron chi connectivity index (χ2n) is 5.69. The Kier molecular flexibility index (Phi) is 6.24. The lowest BCUT2D eigenvalue weighted by atomic mass is 10.0. The number of benzene rings is 1. The van der Waals surface area contributed by atoms with Crippen LogP contribution in [-0.2, 0) is 0 Å². The van der Waals surface area contributed by atoms with Crippen molar-refractivity contribution in [2.45, 2.75) is 31.5 Å². The number of hydrogen-bond donors (Lipinski definition) is 2. The second-order valence-corrected chi connectivity index (χ2v) is 6.46.